The highest BCUT2D eigenvalue weighted by Crippen LogP contribution is 2.39. The summed E-state index contributed by atoms with van der Waals surface area (Å²) in [5.74, 6) is -1.22. The molecule has 1 N–H and O–H groups in total. The third kappa shape index (κ3) is 3.22. The smallest absolute Gasteiger partial charge is 0.334 e. The number of carbonyl (C=O) groups is 1. The van der Waals surface area contributed by atoms with Gasteiger partial charge in [0.2, 0.25) is 0 Å². The van der Waals surface area contributed by atoms with Crippen molar-refractivity contribution in [1.82, 2.24) is 14.1 Å². The second-order valence-corrected chi connectivity index (χ2v) is 10.3. The monoisotopic (exact) mass is 439 g/mol. The predicted molar refractivity (Wildman–Crippen MR) is 122 cm³/mol. The lowest BCUT2D eigenvalue weighted by atomic mass is 10.0. The molecule has 0 saturated carbocycles. The molecule has 162 valence electrons. The Kier molecular flexibility index (Phi) is 5.13. The fourth-order valence-corrected chi connectivity index (χ4v) is 6.42. The van der Waals surface area contributed by atoms with Crippen molar-refractivity contribution in [3.05, 3.63) is 66.8 Å². The van der Waals surface area contributed by atoms with Crippen LogP contribution < -0.4 is 16.4 Å². The molecule has 1 unspecified atom stereocenters. The lowest BCUT2D eigenvalue weighted by Crippen LogP contribution is -2.39. The van der Waals surface area contributed by atoms with Gasteiger partial charge in [-0.2, -0.15) is 0 Å². The van der Waals surface area contributed by atoms with Gasteiger partial charge in [0.1, 0.15) is 11.6 Å². The molecule has 0 radical (unpaired) electrons. The zero-order valence-corrected chi connectivity index (χ0v) is 19.1. The van der Waals surface area contributed by atoms with E-state index >= 15 is 0 Å². The number of aromatic amines is 1. The van der Waals surface area contributed by atoms with Crippen molar-refractivity contribution < 1.29 is 9.90 Å². The molecule has 1 atom stereocenters. The molecule has 0 spiro atoms. The van der Waals surface area contributed by atoms with Crippen LogP contribution in [0.3, 0.4) is 0 Å². The fourth-order valence-electron chi connectivity index (χ4n) is 4.35. The Labute approximate surface area is 181 Å². The van der Waals surface area contributed by atoms with Gasteiger partial charge in [0.15, 0.2) is 4.88 Å². The Morgan fingerprint density at radius 1 is 1.23 bits per heavy atom. The number of carboxylic acids is 1. The van der Waals surface area contributed by atoms with Gasteiger partial charge >= 0.3 is 5.69 Å². The molecule has 3 heterocycles. The van der Waals surface area contributed by atoms with Crippen molar-refractivity contribution >= 4 is 37.6 Å². The van der Waals surface area contributed by atoms with Gasteiger partial charge in [0.05, 0.1) is 11.5 Å². The van der Waals surface area contributed by atoms with Gasteiger partial charge < -0.3 is 14.9 Å². The van der Waals surface area contributed by atoms with Crippen molar-refractivity contribution in [2.45, 2.75) is 33.7 Å². The summed E-state index contributed by atoms with van der Waals surface area (Å²) in [7, 11) is 0.659. The zero-order valence-electron chi connectivity index (χ0n) is 18.2. The van der Waals surface area contributed by atoms with Crippen molar-refractivity contribution in [2.75, 3.05) is 0 Å². The van der Waals surface area contributed by atoms with Crippen LogP contribution in [0.25, 0.3) is 21.1 Å². The Balaban J connectivity index is 2.10. The van der Waals surface area contributed by atoms with Gasteiger partial charge in [-0.1, -0.05) is 32.0 Å². The highest BCUT2D eigenvalue weighted by atomic mass is 32.2. The highest BCUT2D eigenvalue weighted by molar-refractivity contribution is 7.35. The van der Waals surface area contributed by atoms with Crippen LogP contribution in [0.2, 0.25) is 0 Å². The fraction of sp³-hybridized carbons (Fsp3) is 0.348. The number of fused-ring (bicyclic) bond motifs is 2. The van der Waals surface area contributed by atoms with E-state index in [0.717, 1.165) is 26.7 Å². The number of nitrogens with zero attached hydrogens (tertiary/aromatic N) is 2. The molecule has 0 fully saturated rings. The number of hydrogen-bond donors (Lipinski definition) is 1. The highest BCUT2D eigenvalue weighted by Gasteiger charge is 2.33. The number of hydrogen-bond acceptors (Lipinski definition) is 4. The van der Waals surface area contributed by atoms with E-state index < -0.39 is 27.7 Å². The van der Waals surface area contributed by atoms with Crippen molar-refractivity contribution in [2.24, 2.45) is 19.2 Å². The molecular formula is C23H25N3O4S. The first-order valence-electron chi connectivity index (χ1n) is 10.1. The van der Waals surface area contributed by atoms with E-state index in [1.54, 1.807) is 4.57 Å². The molecule has 0 aliphatic heterocycles. The van der Waals surface area contributed by atoms with E-state index in [4.69, 9.17) is 0 Å². The molecule has 1 aromatic carbocycles. The van der Waals surface area contributed by atoms with Gasteiger partial charge in [-0.25, -0.2) is 9.36 Å². The maximum atomic E-state index is 13.0. The summed E-state index contributed by atoms with van der Waals surface area (Å²) in [6.45, 7) is 6.33. The molecule has 0 saturated heterocycles. The molecule has 7 nitrogen and oxygen atoms in total. The number of aromatic nitrogens is 3. The number of thiophene rings is 1. The number of benzene rings is 1. The first kappa shape index (κ1) is 21.1. The van der Waals surface area contributed by atoms with Crippen molar-refractivity contribution in [3.8, 4) is 0 Å². The number of H-pyrrole nitrogens is 1. The molecule has 0 amide bonds. The van der Waals surface area contributed by atoms with Crippen molar-refractivity contribution in [1.29, 1.82) is 0 Å². The average molecular weight is 440 g/mol. The average Bonchev–Trinajstić information content (AvgIpc) is 3.18. The van der Waals surface area contributed by atoms with Gasteiger partial charge in [-0.3, -0.25) is 9.36 Å². The summed E-state index contributed by atoms with van der Waals surface area (Å²) in [5, 5.41) is 13.4. The van der Waals surface area contributed by atoms with Crippen LogP contribution in [0.1, 0.15) is 40.3 Å². The van der Waals surface area contributed by atoms with E-state index in [-0.39, 0.29) is 16.9 Å². The zero-order chi connectivity index (χ0) is 22.6. The Bertz CT molecular complexity index is 1470. The first-order valence-corrected chi connectivity index (χ1v) is 11.8. The summed E-state index contributed by atoms with van der Waals surface area (Å²) in [4.78, 5) is 42.7. The van der Waals surface area contributed by atoms with E-state index in [0.29, 0.717) is 22.7 Å². The summed E-state index contributed by atoms with van der Waals surface area (Å²) >= 11 is 0. The Hall–Kier alpha value is -3.13. The maximum absolute atomic E-state index is 13.0. The van der Waals surface area contributed by atoms with Gasteiger partial charge in [-0.05, 0) is 24.5 Å². The summed E-state index contributed by atoms with van der Waals surface area (Å²) in [5.41, 5.74) is 1.86. The van der Waals surface area contributed by atoms with Gasteiger partial charge in [-0.15, -0.1) is 0 Å². The topological polar surface area (TPSA) is 99.9 Å². The largest absolute Gasteiger partial charge is 0.545 e. The number of carbonyl (C=O) groups excluding carboxylic acids is 1. The normalized spacial score (nSPS) is 12.4. The molecule has 3 aromatic heterocycles. The lowest BCUT2D eigenvalue weighted by molar-refractivity contribution is -0.254. The van der Waals surface area contributed by atoms with E-state index in [1.165, 1.54) is 7.05 Å². The van der Waals surface area contributed by atoms with Crippen LogP contribution in [0.5, 0.6) is 0 Å². The molecule has 0 aliphatic carbocycles. The first-order chi connectivity index (χ1) is 14.6. The van der Waals surface area contributed by atoms with Crippen LogP contribution in [0.4, 0.5) is 0 Å². The minimum Gasteiger partial charge on any atom is -0.545 e. The molecule has 31 heavy (non-hydrogen) atoms. The van der Waals surface area contributed by atoms with Crippen LogP contribution in [-0.2, 0) is 26.3 Å². The molecule has 4 aromatic rings. The Morgan fingerprint density at radius 3 is 2.55 bits per heavy atom. The minimum absolute atomic E-state index is 0.0661. The third-order valence-corrected chi connectivity index (χ3v) is 7.89. The number of para-hydroxylation sites is 1. The molecule has 0 bridgehead atoms. The number of carboxylic acid groups (broad SMARTS) is 1. The number of rotatable bonds is 5. The molecule has 8 heteroatoms. The Morgan fingerprint density at radius 2 is 1.90 bits per heavy atom. The number of aryl methyl sites for hydroxylation is 2. The lowest BCUT2D eigenvalue weighted by Gasteiger charge is -2.10. The van der Waals surface area contributed by atoms with Crippen LogP contribution in [0.15, 0.2) is 33.9 Å². The van der Waals surface area contributed by atoms with Crippen molar-refractivity contribution in [3.63, 3.8) is 0 Å². The standard InChI is InChI=1S/C23H25N3O4S/c1-12(2)11-26-21-19(20(27)25(4)23(26)30)18(22(28)29)17(31(21)5)10-15-13(3)24-16-9-7-6-8-14(15)16/h6-9,12,24H,10-11H2,1-5H3. The third-order valence-electron chi connectivity index (χ3n) is 5.80. The predicted octanol–water partition coefficient (Wildman–Crippen LogP) is 2.39. The summed E-state index contributed by atoms with van der Waals surface area (Å²) in [6, 6.07) is 7.86. The second-order valence-electron chi connectivity index (χ2n) is 8.38. The number of nitrogens with one attached hydrogen (secondary N) is 1. The van der Waals surface area contributed by atoms with Crippen LogP contribution >= 0.6 is 10.5 Å². The molecule has 0 aliphatic rings. The van der Waals surface area contributed by atoms with Crippen LogP contribution in [0, 0.1) is 12.8 Å². The quantitative estimate of drug-likeness (QED) is 0.483. The summed E-state index contributed by atoms with van der Waals surface area (Å²) in [6.07, 6.45) is 2.26. The molecule has 4 rings (SSSR count). The van der Waals surface area contributed by atoms with Gasteiger partial charge in [0, 0.05) is 47.1 Å². The van der Waals surface area contributed by atoms with Gasteiger partial charge in [0.25, 0.3) is 10.4 Å². The maximum Gasteiger partial charge on any atom is 0.334 e. The second kappa shape index (κ2) is 7.53. The summed E-state index contributed by atoms with van der Waals surface area (Å²) < 4.78 is 2.57. The molecular weight excluding hydrogens is 414 g/mol. The minimum atomic E-state index is -1.38. The van der Waals surface area contributed by atoms with E-state index in [9.17, 15) is 19.5 Å². The van der Waals surface area contributed by atoms with E-state index in [2.05, 4.69) is 4.98 Å². The number of aromatic carboxylic acids is 1. The SMILES string of the molecule is Cc1[nH]c2ccccc2c1Cc1c(C(=O)[O-])c2c(=O)n(C)c(=O)n(CC(C)C)c2[s+]1C. The van der Waals surface area contributed by atoms with Crippen LogP contribution in [-0.4, -0.2) is 20.1 Å². The van der Waals surface area contributed by atoms with E-state index in [1.807, 2.05) is 51.3 Å².